The Hall–Kier alpha value is -3.46. The van der Waals surface area contributed by atoms with E-state index >= 15 is 0 Å². The van der Waals surface area contributed by atoms with Crippen LogP contribution in [0.5, 0.6) is 0 Å². The molecular weight excluding hydrogens is 334 g/mol. The average Bonchev–Trinajstić information content (AvgIpc) is 2.94. The summed E-state index contributed by atoms with van der Waals surface area (Å²) in [5.41, 5.74) is 12.5. The zero-order chi connectivity index (χ0) is 19.1. The highest BCUT2D eigenvalue weighted by Crippen LogP contribution is 2.44. The van der Waals surface area contributed by atoms with E-state index in [0.29, 0.717) is 22.3 Å². The topological polar surface area (TPSA) is 60.2 Å². The molecule has 0 aromatic heterocycles. The summed E-state index contributed by atoms with van der Waals surface area (Å²) in [6.07, 6.45) is 0. The van der Waals surface area contributed by atoms with Crippen molar-refractivity contribution in [3.63, 3.8) is 0 Å². The molecule has 1 aliphatic carbocycles. The second kappa shape index (κ2) is 6.36. The number of nitrogens with two attached hydrogens (primary N) is 1. The van der Waals surface area contributed by atoms with E-state index in [2.05, 4.69) is 0 Å². The summed E-state index contributed by atoms with van der Waals surface area (Å²) in [6, 6.07) is 21.0. The molecule has 4 rings (SSSR count). The Labute approximate surface area is 158 Å². The van der Waals surface area contributed by atoms with Crippen molar-refractivity contribution >= 4 is 22.8 Å². The Bertz CT molecular complexity index is 1140. The average molecular weight is 353 g/mol. The molecule has 0 radical (unpaired) electrons. The van der Waals surface area contributed by atoms with Crippen LogP contribution in [0.4, 0.5) is 0 Å². The number of primary amides is 1. The monoisotopic (exact) mass is 353 g/mol. The second-order valence-corrected chi connectivity index (χ2v) is 6.80. The maximum atomic E-state index is 13.4. The second-order valence-electron chi connectivity index (χ2n) is 6.80. The van der Waals surface area contributed by atoms with E-state index in [-0.39, 0.29) is 5.78 Å². The van der Waals surface area contributed by atoms with Gasteiger partial charge in [0.1, 0.15) is 0 Å². The third-order valence-corrected chi connectivity index (χ3v) is 5.12. The van der Waals surface area contributed by atoms with E-state index in [9.17, 15) is 9.59 Å². The lowest BCUT2D eigenvalue weighted by molar-refractivity contribution is 0.1000. The molecule has 3 heteroatoms. The minimum atomic E-state index is -0.533. The first-order valence-corrected chi connectivity index (χ1v) is 8.85. The van der Waals surface area contributed by atoms with Gasteiger partial charge in [0.2, 0.25) is 5.91 Å². The quantitative estimate of drug-likeness (QED) is 0.750. The number of amides is 1. The van der Waals surface area contributed by atoms with Gasteiger partial charge in [-0.15, -0.1) is 0 Å². The van der Waals surface area contributed by atoms with Gasteiger partial charge in [-0.25, -0.2) is 0 Å². The van der Waals surface area contributed by atoms with Crippen molar-refractivity contribution in [2.24, 2.45) is 5.73 Å². The van der Waals surface area contributed by atoms with Gasteiger partial charge in [-0.2, -0.15) is 0 Å². The number of carbonyl (C=O) groups is 2. The summed E-state index contributed by atoms with van der Waals surface area (Å²) < 4.78 is 0. The predicted octanol–water partition coefficient (Wildman–Crippen LogP) is 4.56. The molecule has 0 unspecified atom stereocenters. The van der Waals surface area contributed by atoms with Crippen LogP contribution in [0.1, 0.15) is 48.5 Å². The number of allylic oxidation sites excluding steroid dienone is 1. The van der Waals surface area contributed by atoms with Gasteiger partial charge in [0.15, 0.2) is 5.78 Å². The SMILES string of the molecule is Cc1ccccc1C1=C(c2c(C)cccc2C(N)=O)C(=O)c2ccccc21. The van der Waals surface area contributed by atoms with E-state index in [1.165, 1.54) is 0 Å². The molecule has 0 bridgehead atoms. The van der Waals surface area contributed by atoms with Crippen LogP contribution in [0.3, 0.4) is 0 Å². The lowest BCUT2D eigenvalue weighted by Gasteiger charge is -2.15. The van der Waals surface area contributed by atoms with Gasteiger partial charge in [-0.3, -0.25) is 9.59 Å². The first-order chi connectivity index (χ1) is 13.0. The summed E-state index contributed by atoms with van der Waals surface area (Å²) in [4.78, 5) is 25.5. The van der Waals surface area contributed by atoms with Crippen LogP contribution < -0.4 is 5.73 Å². The molecule has 0 saturated carbocycles. The summed E-state index contributed by atoms with van der Waals surface area (Å²) in [5, 5.41) is 0. The van der Waals surface area contributed by atoms with Crippen LogP contribution in [0.25, 0.3) is 11.1 Å². The van der Waals surface area contributed by atoms with Crippen LogP contribution in [0, 0.1) is 13.8 Å². The van der Waals surface area contributed by atoms with E-state index in [0.717, 1.165) is 27.8 Å². The molecule has 0 fully saturated rings. The van der Waals surface area contributed by atoms with Crippen LogP contribution in [-0.4, -0.2) is 11.7 Å². The van der Waals surface area contributed by atoms with Crippen LogP contribution in [0.2, 0.25) is 0 Å². The zero-order valence-electron chi connectivity index (χ0n) is 15.2. The number of hydrogen-bond donors (Lipinski definition) is 1. The first-order valence-electron chi connectivity index (χ1n) is 8.85. The third-order valence-electron chi connectivity index (χ3n) is 5.12. The molecule has 1 amide bonds. The molecule has 0 saturated heterocycles. The zero-order valence-corrected chi connectivity index (χ0v) is 15.2. The highest BCUT2D eigenvalue weighted by molar-refractivity contribution is 6.42. The number of benzene rings is 3. The normalized spacial score (nSPS) is 13.0. The lowest BCUT2D eigenvalue weighted by Crippen LogP contribution is -2.16. The molecule has 3 nitrogen and oxygen atoms in total. The minimum Gasteiger partial charge on any atom is -0.366 e. The molecular formula is C24H19NO2. The Morgan fingerprint density at radius 2 is 1.30 bits per heavy atom. The smallest absolute Gasteiger partial charge is 0.249 e. The molecule has 0 spiro atoms. The number of carbonyl (C=O) groups excluding carboxylic acids is 2. The fraction of sp³-hybridized carbons (Fsp3) is 0.0833. The van der Waals surface area contributed by atoms with Crippen LogP contribution in [-0.2, 0) is 0 Å². The Balaban J connectivity index is 2.15. The van der Waals surface area contributed by atoms with Crippen molar-refractivity contribution in [1.29, 1.82) is 0 Å². The highest BCUT2D eigenvalue weighted by Gasteiger charge is 2.34. The van der Waals surface area contributed by atoms with E-state index in [4.69, 9.17) is 5.73 Å². The molecule has 3 aromatic rings. The maximum Gasteiger partial charge on any atom is 0.249 e. The van der Waals surface area contributed by atoms with Crippen molar-refractivity contribution in [3.05, 3.63) is 106 Å². The number of rotatable bonds is 3. The number of ketones is 1. The molecule has 2 N–H and O–H groups in total. The molecule has 27 heavy (non-hydrogen) atoms. The van der Waals surface area contributed by atoms with Gasteiger partial charge < -0.3 is 5.73 Å². The molecule has 0 aliphatic heterocycles. The van der Waals surface area contributed by atoms with Crippen molar-refractivity contribution in [3.8, 4) is 0 Å². The summed E-state index contributed by atoms with van der Waals surface area (Å²) >= 11 is 0. The van der Waals surface area contributed by atoms with Crippen LogP contribution >= 0.6 is 0 Å². The van der Waals surface area contributed by atoms with Crippen molar-refractivity contribution in [2.45, 2.75) is 13.8 Å². The summed E-state index contributed by atoms with van der Waals surface area (Å²) in [7, 11) is 0. The van der Waals surface area contributed by atoms with E-state index in [1.54, 1.807) is 12.1 Å². The summed E-state index contributed by atoms with van der Waals surface area (Å²) in [5.74, 6) is -0.602. The first kappa shape index (κ1) is 17.0. The molecule has 0 atom stereocenters. The van der Waals surface area contributed by atoms with Gasteiger partial charge in [-0.1, -0.05) is 60.7 Å². The van der Waals surface area contributed by atoms with Gasteiger partial charge in [0.25, 0.3) is 0 Å². The van der Waals surface area contributed by atoms with Crippen molar-refractivity contribution < 1.29 is 9.59 Å². The minimum absolute atomic E-state index is 0.0688. The van der Waals surface area contributed by atoms with Crippen molar-refractivity contribution in [2.75, 3.05) is 0 Å². The van der Waals surface area contributed by atoms with Crippen LogP contribution in [0.15, 0.2) is 66.7 Å². The molecule has 0 heterocycles. The highest BCUT2D eigenvalue weighted by atomic mass is 16.1. The maximum absolute atomic E-state index is 13.4. The Kier molecular flexibility index (Phi) is 4.00. The van der Waals surface area contributed by atoms with Gasteiger partial charge in [0.05, 0.1) is 0 Å². The van der Waals surface area contributed by atoms with Gasteiger partial charge in [0, 0.05) is 27.8 Å². The molecule has 1 aliphatic rings. The van der Waals surface area contributed by atoms with Gasteiger partial charge >= 0.3 is 0 Å². The largest absolute Gasteiger partial charge is 0.366 e. The lowest BCUT2D eigenvalue weighted by atomic mass is 9.87. The Morgan fingerprint density at radius 1 is 0.704 bits per heavy atom. The van der Waals surface area contributed by atoms with Gasteiger partial charge in [-0.05, 0) is 42.2 Å². The number of Topliss-reactive ketones (excluding diaryl/α,β-unsaturated/α-hetero) is 1. The third kappa shape index (κ3) is 2.59. The molecule has 132 valence electrons. The van der Waals surface area contributed by atoms with E-state index in [1.807, 2.05) is 68.4 Å². The summed E-state index contributed by atoms with van der Waals surface area (Å²) in [6.45, 7) is 3.93. The Morgan fingerprint density at radius 3 is 1.96 bits per heavy atom. The molecule has 3 aromatic carbocycles. The van der Waals surface area contributed by atoms with E-state index < -0.39 is 5.91 Å². The fourth-order valence-corrected chi connectivity index (χ4v) is 3.86. The number of fused-ring (bicyclic) bond motifs is 1. The number of hydrogen-bond acceptors (Lipinski definition) is 2. The predicted molar refractivity (Wildman–Crippen MR) is 108 cm³/mol. The standard InChI is InChI=1S/C24H19NO2/c1-14-8-3-4-10-16(14)21-17-11-5-6-12-18(17)23(26)22(21)20-15(2)9-7-13-19(20)24(25)27/h3-13H,1-2H3,(H2,25,27). The number of aryl methyl sites for hydroxylation is 2. The van der Waals surface area contributed by atoms with Crippen molar-refractivity contribution in [1.82, 2.24) is 0 Å². The fourth-order valence-electron chi connectivity index (χ4n) is 3.86.